The summed E-state index contributed by atoms with van der Waals surface area (Å²) in [6.07, 6.45) is 0.978. The summed E-state index contributed by atoms with van der Waals surface area (Å²) in [6, 6.07) is 13.4. The summed E-state index contributed by atoms with van der Waals surface area (Å²) in [5.41, 5.74) is 7.20. The summed E-state index contributed by atoms with van der Waals surface area (Å²) < 4.78 is 27.8. The van der Waals surface area contributed by atoms with Crippen molar-refractivity contribution in [1.82, 2.24) is 9.21 Å². The van der Waals surface area contributed by atoms with Gasteiger partial charge in [-0.25, -0.2) is 8.42 Å². The Morgan fingerprint density at radius 2 is 1.65 bits per heavy atom. The molecule has 0 saturated carbocycles. The molecule has 1 heterocycles. The molecule has 1 fully saturated rings. The maximum atomic E-state index is 13.3. The van der Waals surface area contributed by atoms with E-state index in [0.717, 1.165) is 11.1 Å². The van der Waals surface area contributed by atoms with E-state index in [2.05, 4.69) is 0 Å². The van der Waals surface area contributed by atoms with Gasteiger partial charge in [0, 0.05) is 30.6 Å². The average molecular weight is 464 g/mol. The van der Waals surface area contributed by atoms with E-state index in [0.29, 0.717) is 31.0 Å². The number of hydrogen-bond acceptors (Lipinski definition) is 4. The second-order valence-corrected chi connectivity index (χ2v) is 10.1. The van der Waals surface area contributed by atoms with Crippen molar-refractivity contribution in [3.8, 4) is 0 Å². The number of hydrogen-bond donors (Lipinski definition) is 1. The van der Waals surface area contributed by atoms with Gasteiger partial charge in [-0.2, -0.15) is 4.31 Å². The van der Waals surface area contributed by atoms with Gasteiger partial charge in [-0.3, -0.25) is 9.59 Å². The molecule has 31 heavy (non-hydrogen) atoms. The first-order chi connectivity index (χ1) is 14.7. The third-order valence-electron chi connectivity index (χ3n) is 5.49. The molecule has 2 amide bonds. The minimum Gasteiger partial charge on any atom is -0.369 e. The normalized spacial score (nSPS) is 15.3. The van der Waals surface area contributed by atoms with Crippen LogP contribution in [0, 0.1) is 12.8 Å². The number of rotatable bonds is 7. The molecule has 0 spiro atoms. The van der Waals surface area contributed by atoms with Gasteiger partial charge in [0.1, 0.15) is 0 Å². The molecule has 1 aliphatic heterocycles. The molecule has 3 rings (SSSR count). The van der Waals surface area contributed by atoms with Gasteiger partial charge in [-0.15, -0.1) is 0 Å². The predicted octanol–water partition coefficient (Wildman–Crippen LogP) is 2.56. The fourth-order valence-electron chi connectivity index (χ4n) is 3.54. The van der Waals surface area contributed by atoms with Gasteiger partial charge in [0.25, 0.3) is 0 Å². The Morgan fingerprint density at radius 1 is 1.06 bits per heavy atom. The van der Waals surface area contributed by atoms with Gasteiger partial charge < -0.3 is 10.6 Å². The van der Waals surface area contributed by atoms with Crippen LogP contribution in [0.5, 0.6) is 0 Å². The first kappa shape index (κ1) is 23.2. The van der Waals surface area contributed by atoms with Crippen LogP contribution >= 0.6 is 11.6 Å². The van der Waals surface area contributed by atoms with Crippen LogP contribution in [0.25, 0.3) is 0 Å². The van der Waals surface area contributed by atoms with Crippen LogP contribution in [0.4, 0.5) is 0 Å². The maximum absolute atomic E-state index is 13.3. The molecule has 0 aliphatic carbocycles. The Balaban J connectivity index is 1.81. The van der Waals surface area contributed by atoms with Crippen molar-refractivity contribution < 1.29 is 18.0 Å². The molecule has 0 atom stereocenters. The zero-order valence-corrected chi connectivity index (χ0v) is 18.9. The number of likely N-dealkylation sites (tertiary alicyclic amines) is 1. The molecule has 1 saturated heterocycles. The van der Waals surface area contributed by atoms with Gasteiger partial charge in [0.05, 0.1) is 11.4 Å². The minimum atomic E-state index is -3.93. The van der Waals surface area contributed by atoms with Crippen molar-refractivity contribution in [2.75, 3.05) is 19.6 Å². The molecule has 2 N–H and O–H groups in total. The summed E-state index contributed by atoms with van der Waals surface area (Å²) in [4.78, 5) is 26.0. The quantitative estimate of drug-likeness (QED) is 0.681. The molecule has 9 heteroatoms. The van der Waals surface area contributed by atoms with Gasteiger partial charge >= 0.3 is 0 Å². The van der Waals surface area contributed by atoms with Crippen molar-refractivity contribution in [2.24, 2.45) is 11.7 Å². The highest BCUT2D eigenvalue weighted by Crippen LogP contribution is 2.22. The van der Waals surface area contributed by atoms with E-state index in [1.165, 1.54) is 28.6 Å². The Kier molecular flexibility index (Phi) is 7.35. The standard InChI is InChI=1S/C22H26ClN3O4S/c1-16-2-4-17(5-3-16)14-26(31(29,30)20-8-6-19(23)7-9-20)15-21(27)25-12-10-18(11-13-25)22(24)28/h2-9,18H,10-15H2,1H3,(H2,24,28). The lowest BCUT2D eigenvalue weighted by atomic mass is 9.96. The molecule has 166 valence electrons. The Bertz CT molecular complexity index is 1030. The molecular weight excluding hydrogens is 438 g/mol. The van der Waals surface area contributed by atoms with E-state index >= 15 is 0 Å². The number of nitrogens with zero attached hydrogens (tertiary/aromatic N) is 2. The molecule has 0 bridgehead atoms. The van der Waals surface area contributed by atoms with E-state index in [9.17, 15) is 18.0 Å². The number of carbonyl (C=O) groups is 2. The molecule has 1 aliphatic rings. The monoisotopic (exact) mass is 463 g/mol. The van der Waals surface area contributed by atoms with Crippen LogP contribution in [0.3, 0.4) is 0 Å². The molecule has 2 aromatic carbocycles. The number of benzene rings is 2. The lowest BCUT2D eigenvalue weighted by Crippen LogP contribution is -2.46. The van der Waals surface area contributed by atoms with E-state index in [4.69, 9.17) is 17.3 Å². The Labute approximate surface area is 187 Å². The van der Waals surface area contributed by atoms with E-state index in [1.54, 1.807) is 4.90 Å². The second kappa shape index (κ2) is 9.80. The SMILES string of the molecule is Cc1ccc(CN(CC(=O)N2CCC(C(N)=O)CC2)S(=O)(=O)c2ccc(Cl)cc2)cc1. The smallest absolute Gasteiger partial charge is 0.243 e. The number of carbonyl (C=O) groups excluding carboxylic acids is 2. The third-order valence-corrected chi connectivity index (χ3v) is 7.55. The van der Waals surface area contributed by atoms with Crippen LogP contribution in [-0.4, -0.2) is 49.1 Å². The number of halogens is 1. The lowest BCUT2D eigenvalue weighted by molar-refractivity contribution is -0.135. The number of sulfonamides is 1. The topological polar surface area (TPSA) is 101 Å². The Morgan fingerprint density at radius 3 is 2.19 bits per heavy atom. The van der Waals surface area contributed by atoms with Crippen LogP contribution in [-0.2, 0) is 26.2 Å². The van der Waals surface area contributed by atoms with E-state index in [1.807, 2.05) is 31.2 Å². The number of piperidine rings is 1. The van der Waals surface area contributed by atoms with Crippen molar-refractivity contribution >= 4 is 33.4 Å². The largest absolute Gasteiger partial charge is 0.369 e. The summed E-state index contributed by atoms with van der Waals surface area (Å²) in [5, 5.41) is 0.428. The third kappa shape index (κ3) is 5.84. The van der Waals surface area contributed by atoms with Gasteiger partial charge in [-0.05, 0) is 49.6 Å². The summed E-state index contributed by atoms with van der Waals surface area (Å²) >= 11 is 5.90. The maximum Gasteiger partial charge on any atom is 0.243 e. The number of nitrogens with two attached hydrogens (primary N) is 1. The van der Waals surface area contributed by atoms with Crippen LogP contribution in [0.1, 0.15) is 24.0 Å². The van der Waals surface area contributed by atoms with Crippen molar-refractivity contribution in [2.45, 2.75) is 31.2 Å². The van der Waals surface area contributed by atoms with Gasteiger partial charge in [0.2, 0.25) is 21.8 Å². The fourth-order valence-corrected chi connectivity index (χ4v) is 5.05. The first-order valence-corrected chi connectivity index (χ1v) is 11.9. The molecule has 0 radical (unpaired) electrons. The molecule has 0 unspecified atom stereocenters. The average Bonchev–Trinajstić information content (AvgIpc) is 2.75. The van der Waals surface area contributed by atoms with Crippen LogP contribution < -0.4 is 5.73 Å². The zero-order valence-electron chi connectivity index (χ0n) is 17.3. The summed E-state index contributed by atoms with van der Waals surface area (Å²) in [5.74, 6) is -0.906. The molecule has 2 aromatic rings. The van der Waals surface area contributed by atoms with Crippen molar-refractivity contribution in [3.05, 3.63) is 64.7 Å². The number of aryl methyl sites for hydroxylation is 1. The van der Waals surface area contributed by atoms with Crippen LogP contribution in [0.15, 0.2) is 53.4 Å². The summed E-state index contributed by atoms with van der Waals surface area (Å²) in [6.45, 7) is 2.48. The highest BCUT2D eigenvalue weighted by molar-refractivity contribution is 7.89. The van der Waals surface area contributed by atoms with Gasteiger partial charge in [-0.1, -0.05) is 41.4 Å². The van der Waals surface area contributed by atoms with Crippen LogP contribution in [0.2, 0.25) is 5.02 Å². The fraction of sp³-hybridized carbons (Fsp3) is 0.364. The minimum absolute atomic E-state index is 0.0642. The number of amides is 2. The predicted molar refractivity (Wildman–Crippen MR) is 119 cm³/mol. The summed E-state index contributed by atoms with van der Waals surface area (Å²) in [7, 11) is -3.93. The Hall–Kier alpha value is -2.42. The zero-order chi connectivity index (χ0) is 22.6. The number of primary amides is 1. The lowest BCUT2D eigenvalue weighted by Gasteiger charge is -2.32. The van der Waals surface area contributed by atoms with E-state index < -0.39 is 10.0 Å². The van der Waals surface area contributed by atoms with Crippen molar-refractivity contribution in [3.63, 3.8) is 0 Å². The molecule has 7 nitrogen and oxygen atoms in total. The highest BCUT2D eigenvalue weighted by Gasteiger charge is 2.31. The van der Waals surface area contributed by atoms with E-state index in [-0.39, 0.29) is 35.7 Å². The molecule has 0 aromatic heterocycles. The first-order valence-electron chi connectivity index (χ1n) is 10.0. The highest BCUT2D eigenvalue weighted by atomic mass is 35.5. The second-order valence-electron chi connectivity index (χ2n) is 7.77. The molecular formula is C22H26ClN3O4S. The van der Waals surface area contributed by atoms with Gasteiger partial charge in [0.15, 0.2) is 0 Å². The van der Waals surface area contributed by atoms with Crippen molar-refractivity contribution in [1.29, 1.82) is 0 Å².